The summed E-state index contributed by atoms with van der Waals surface area (Å²) >= 11 is 0. The molecule has 98 valence electrons. The number of rotatable bonds is 1. The van der Waals surface area contributed by atoms with E-state index < -0.39 is 0 Å². The van der Waals surface area contributed by atoms with Crippen LogP contribution in [0.4, 0.5) is 5.69 Å². The molecular weight excluding hydrogens is 230 g/mol. The minimum Gasteiger partial charge on any atom is -0.315 e. The number of anilines is 1. The maximum atomic E-state index is 12.2. The molecule has 1 N–H and O–H groups in total. The Kier molecular flexibility index (Phi) is 2.64. The molecule has 0 aliphatic carbocycles. The number of aryl methyl sites for hydroxylation is 1. The topological polar surface area (TPSA) is 53.4 Å². The molecule has 0 aromatic carbocycles. The van der Waals surface area contributed by atoms with Gasteiger partial charge in [-0.1, -0.05) is 0 Å². The van der Waals surface area contributed by atoms with Crippen molar-refractivity contribution >= 4 is 11.6 Å². The van der Waals surface area contributed by atoms with Crippen molar-refractivity contribution in [2.24, 2.45) is 7.05 Å². The Labute approximate surface area is 107 Å². The largest absolute Gasteiger partial charge is 0.315 e. The van der Waals surface area contributed by atoms with Gasteiger partial charge in [0.25, 0.3) is 0 Å². The Hall–Kier alpha value is -1.40. The number of nitrogens with zero attached hydrogens (tertiary/aromatic N) is 4. The van der Waals surface area contributed by atoms with Crippen molar-refractivity contribution in [2.45, 2.75) is 12.0 Å². The van der Waals surface area contributed by atoms with Gasteiger partial charge in [-0.25, -0.2) is 0 Å². The number of hydrogen-bond donors (Lipinski definition) is 1. The molecule has 1 amide bonds. The number of carbonyl (C=O) groups excluding carboxylic acids is 1. The predicted molar refractivity (Wildman–Crippen MR) is 68.4 cm³/mol. The zero-order chi connectivity index (χ0) is 12.8. The van der Waals surface area contributed by atoms with Gasteiger partial charge in [0.05, 0.1) is 24.0 Å². The molecule has 1 spiro atoms. The summed E-state index contributed by atoms with van der Waals surface area (Å²) in [5.74, 6) is 0.156. The lowest BCUT2D eigenvalue weighted by Gasteiger charge is -2.46. The minimum atomic E-state index is 0.0871. The zero-order valence-corrected chi connectivity index (χ0v) is 10.9. The van der Waals surface area contributed by atoms with Crippen molar-refractivity contribution in [2.75, 3.05) is 38.1 Å². The predicted octanol–water partition coefficient (Wildman–Crippen LogP) is -0.569. The summed E-state index contributed by atoms with van der Waals surface area (Å²) in [6, 6.07) is 0. The normalized spacial score (nSPS) is 29.4. The van der Waals surface area contributed by atoms with E-state index in [-0.39, 0.29) is 11.4 Å². The second kappa shape index (κ2) is 4.07. The van der Waals surface area contributed by atoms with Gasteiger partial charge in [-0.15, -0.1) is 0 Å². The SMILES string of the molecule is CN1CC(=O)N(c2cnn(C)c2)CC12CCNC2. The fourth-order valence-electron chi connectivity index (χ4n) is 2.93. The van der Waals surface area contributed by atoms with Gasteiger partial charge in [0.15, 0.2) is 0 Å². The van der Waals surface area contributed by atoms with Crippen LogP contribution in [-0.2, 0) is 11.8 Å². The second-order valence-electron chi connectivity index (χ2n) is 5.36. The molecule has 2 aliphatic rings. The van der Waals surface area contributed by atoms with Crippen LogP contribution in [0, 0.1) is 0 Å². The van der Waals surface area contributed by atoms with Crippen molar-refractivity contribution < 1.29 is 4.79 Å². The summed E-state index contributed by atoms with van der Waals surface area (Å²) < 4.78 is 1.74. The van der Waals surface area contributed by atoms with E-state index in [0.717, 1.165) is 31.7 Å². The number of hydrogen-bond acceptors (Lipinski definition) is 4. The monoisotopic (exact) mass is 249 g/mol. The van der Waals surface area contributed by atoms with Crippen molar-refractivity contribution in [1.29, 1.82) is 0 Å². The Morgan fingerprint density at radius 3 is 2.89 bits per heavy atom. The molecule has 0 saturated carbocycles. The summed E-state index contributed by atoms with van der Waals surface area (Å²) in [5, 5.41) is 7.56. The Morgan fingerprint density at radius 2 is 2.28 bits per heavy atom. The molecule has 3 heterocycles. The fourth-order valence-corrected chi connectivity index (χ4v) is 2.93. The van der Waals surface area contributed by atoms with Gasteiger partial charge in [0, 0.05) is 26.3 Å². The van der Waals surface area contributed by atoms with Crippen molar-refractivity contribution in [3.05, 3.63) is 12.4 Å². The first-order chi connectivity index (χ1) is 8.61. The molecule has 6 nitrogen and oxygen atoms in total. The van der Waals surface area contributed by atoms with Gasteiger partial charge in [-0.05, 0) is 20.0 Å². The third-order valence-corrected chi connectivity index (χ3v) is 4.16. The molecule has 18 heavy (non-hydrogen) atoms. The maximum absolute atomic E-state index is 12.2. The molecule has 1 aromatic rings. The number of carbonyl (C=O) groups is 1. The van der Waals surface area contributed by atoms with Gasteiger partial charge < -0.3 is 10.2 Å². The van der Waals surface area contributed by atoms with Gasteiger partial charge in [0.2, 0.25) is 5.91 Å². The molecule has 1 aromatic heterocycles. The van der Waals surface area contributed by atoms with E-state index in [0.29, 0.717) is 6.54 Å². The van der Waals surface area contributed by atoms with Crippen molar-refractivity contribution in [3.63, 3.8) is 0 Å². The Balaban J connectivity index is 1.88. The number of likely N-dealkylation sites (N-methyl/N-ethyl adjacent to an activating group) is 1. The first-order valence-corrected chi connectivity index (χ1v) is 6.32. The standard InChI is InChI=1S/C12H19N5O/c1-15-7-11(18)17(10-5-14-16(2)6-10)9-12(15)3-4-13-8-12/h5-6,13H,3-4,7-9H2,1-2H3. The molecule has 2 aliphatic heterocycles. The average molecular weight is 249 g/mol. The summed E-state index contributed by atoms with van der Waals surface area (Å²) in [6.07, 6.45) is 4.76. The lowest BCUT2D eigenvalue weighted by molar-refractivity contribution is -0.123. The molecule has 6 heteroatoms. The van der Waals surface area contributed by atoms with E-state index in [1.165, 1.54) is 0 Å². The minimum absolute atomic E-state index is 0.0871. The first-order valence-electron chi connectivity index (χ1n) is 6.32. The van der Waals surface area contributed by atoms with Crippen molar-refractivity contribution in [3.8, 4) is 0 Å². The maximum Gasteiger partial charge on any atom is 0.241 e. The summed E-state index contributed by atoms with van der Waals surface area (Å²) in [7, 11) is 3.92. The van der Waals surface area contributed by atoms with Gasteiger partial charge in [0.1, 0.15) is 0 Å². The third kappa shape index (κ3) is 1.72. The van der Waals surface area contributed by atoms with Crippen LogP contribution < -0.4 is 10.2 Å². The highest BCUT2D eigenvalue weighted by molar-refractivity contribution is 5.95. The molecule has 0 bridgehead atoms. The van der Waals surface area contributed by atoms with Crippen LogP contribution in [0.1, 0.15) is 6.42 Å². The molecule has 2 fully saturated rings. The van der Waals surface area contributed by atoms with E-state index in [9.17, 15) is 4.79 Å². The van der Waals surface area contributed by atoms with E-state index in [4.69, 9.17) is 0 Å². The third-order valence-electron chi connectivity index (χ3n) is 4.16. The zero-order valence-electron chi connectivity index (χ0n) is 10.9. The lowest BCUT2D eigenvalue weighted by Crippen LogP contribution is -2.64. The van der Waals surface area contributed by atoms with E-state index >= 15 is 0 Å². The lowest BCUT2D eigenvalue weighted by atomic mass is 9.93. The number of piperazine rings is 1. The number of aromatic nitrogens is 2. The van der Waals surface area contributed by atoms with Crippen LogP contribution in [0.25, 0.3) is 0 Å². The highest BCUT2D eigenvalue weighted by atomic mass is 16.2. The molecule has 1 unspecified atom stereocenters. The molecular formula is C12H19N5O. The van der Waals surface area contributed by atoms with E-state index in [2.05, 4.69) is 15.3 Å². The quantitative estimate of drug-likeness (QED) is 0.724. The molecule has 1 atom stereocenters. The molecule has 0 radical (unpaired) electrons. The number of amides is 1. The highest BCUT2D eigenvalue weighted by Gasteiger charge is 2.45. The highest BCUT2D eigenvalue weighted by Crippen LogP contribution is 2.29. The van der Waals surface area contributed by atoms with Crippen molar-refractivity contribution in [1.82, 2.24) is 20.0 Å². The average Bonchev–Trinajstić information content (AvgIpc) is 2.94. The summed E-state index contributed by atoms with van der Waals surface area (Å²) in [4.78, 5) is 16.3. The van der Waals surface area contributed by atoms with E-state index in [1.807, 2.05) is 25.2 Å². The first kappa shape index (κ1) is 11.7. The summed E-state index contributed by atoms with van der Waals surface area (Å²) in [5.41, 5.74) is 0.992. The van der Waals surface area contributed by atoms with Crippen LogP contribution in [0.5, 0.6) is 0 Å². The Morgan fingerprint density at radius 1 is 1.44 bits per heavy atom. The van der Waals surface area contributed by atoms with Gasteiger partial charge in [-0.2, -0.15) is 5.10 Å². The van der Waals surface area contributed by atoms with Crippen LogP contribution in [0.2, 0.25) is 0 Å². The molecule has 2 saturated heterocycles. The van der Waals surface area contributed by atoms with E-state index in [1.54, 1.807) is 10.9 Å². The molecule has 3 rings (SSSR count). The van der Waals surface area contributed by atoms with Gasteiger partial charge >= 0.3 is 0 Å². The summed E-state index contributed by atoms with van der Waals surface area (Å²) in [6.45, 7) is 3.21. The van der Waals surface area contributed by atoms with Crippen LogP contribution in [0.15, 0.2) is 12.4 Å². The van der Waals surface area contributed by atoms with Crippen LogP contribution in [-0.4, -0.2) is 59.4 Å². The van der Waals surface area contributed by atoms with Gasteiger partial charge in [-0.3, -0.25) is 14.4 Å². The second-order valence-corrected chi connectivity index (χ2v) is 5.36. The van der Waals surface area contributed by atoms with Crippen LogP contribution >= 0.6 is 0 Å². The smallest absolute Gasteiger partial charge is 0.241 e. The Bertz CT molecular complexity index is 463. The number of nitrogens with one attached hydrogen (secondary N) is 1. The van der Waals surface area contributed by atoms with Crippen LogP contribution in [0.3, 0.4) is 0 Å². The fraction of sp³-hybridized carbons (Fsp3) is 0.667.